The molecule has 1 aliphatic heterocycles. The number of nitrogens with one attached hydrogen (secondary N) is 1. The molecular weight excluding hydrogens is 521 g/mol. The fraction of sp³-hybridized carbons (Fsp3) is 0.333. The molecule has 1 fully saturated rings. The van der Waals surface area contributed by atoms with E-state index in [0.29, 0.717) is 22.9 Å². The Hall–Kier alpha value is -2.69. The first-order valence-electron chi connectivity index (χ1n) is 11.0. The number of benzene rings is 2. The van der Waals surface area contributed by atoms with Crippen molar-refractivity contribution in [1.29, 1.82) is 0 Å². The van der Waals surface area contributed by atoms with E-state index in [-0.39, 0.29) is 19.2 Å². The van der Waals surface area contributed by atoms with Crippen molar-refractivity contribution in [3.8, 4) is 5.88 Å². The summed E-state index contributed by atoms with van der Waals surface area (Å²) in [5.41, 5.74) is -0.910. The van der Waals surface area contributed by atoms with E-state index in [4.69, 9.17) is 4.74 Å². The number of urea groups is 1. The number of ether oxygens (including phenoxy) is 1. The molecule has 34 heavy (non-hydrogen) atoms. The maximum Gasteiger partial charge on any atom is 0.327 e. The third-order valence-corrected chi connectivity index (χ3v) is 8.19. The van der Waals surface area contributed by atoms with Crippen molar-refractivity contribution in [2.75, 3.05) is 13.3 Å². The molecule has 0 spiro atoms. The molecule has 10 heteroatoms. The van der Waals surface area contributed by atoms with Crippen molar-refractivity contribution < 1.29 is 23.8 Å². The van der Waals surface area contributed by atoms with Gasteiger partial charge >= 0.3 is 6.03 Å². The number of imide groups is 1. The van der Waals surface area contributed by atoms with Crippen LogP contribution in [0, 0.1) is 5.82 Å². The summed E-state index contributed by atoms with van der Waals surface area (Å²) in [5, 5.41) is 14.6. The van der Waals surface area contributed by atoms with Crippen LogP contribution in [-0.4, -0.2) is 47.9 Å². The summed E-state index contributed by atoms with van der Waals surface area (Å²) in [5.74, 6) is -1.14. The van der Waals surface area contributed by atoms with Gasteiger partial charge in [-0.05, 0) is 41.9 Å². The van der Waals surface area contributed by atoms with Crippen LogP contribution in [0.4, 0.5) is 9.18 Å². The lowest BCUT2D eigenvalue weighted by molar-refractivity contribution is -0.135. The molecule has 7 nitrogen and oxygen atoms in total. The number of aromatic nitrogens is 1. The molecule has 1 unspecified atom stereocenters. The highest BCUT2D eigenvalue weighted by molar-refractivity contribution is 9.10. The fourth-order valence-corrected chi connectivity index (χ4v) is 5.02. The normalized spacial score (nSPS) is 18.7. The smallest absolute Gasteiger partial charge is 0.327 e. The Morgan fingerprint density at radius 3 is 2.53 bits per heavy atom. The van der Waals surface area contributed by atoms with Gasteiger partial charge in [0.1, 0.15) is 12.5 Å². The number of carbonyl (C=O) groups is 2. The van der Waals surface area contributed by atoms with Crippen LogP contribution < -0.4 is 5.32 Å². The standard InChI is InChI=1S/C24H27BrFN3O4Si/c1-34(2,3)11-10-33-15-29-22(31)24(27-23(29)32,17-5-7-18(25)8-6-17)14-28-13-16-4-9-19(26)12-20(16)21(28)30/h4-9,12-13,30H,10-11,14-15H2,1-3H3,(H,27,32). The lowest BCUT2D eigenvalue weighted by Gasteiger charge is -2.28. The van der Waals surface area contributed by atoms with Crippen molar-refractivity contribution in [3.63, 3.8) is 0 Å². The van der Waals surface area contributed by atoms with Crippen LogP contribution in [0.15, 0.2) is 53.1 Å². The van der Waals surface area contributed by atoms with Gasteiger partial charge in [-0.25, -0.2) is 14.1 Å². The second kappa shape index (κ2) is 9.16. The minimum atomic E-state index is -1.47. The SMILES string of the molecule is C[Si](C)(C)CCOCN1C(=O)NC(Cn2cc3ccc(F)cc3c2O)(c2ccc(Br)cc2)C1=O. The third-order valence-electron chi connectivity index (χ3n) is 5.96. The zero-order chi connectivity index (χ0) is 24.7. The topological polar surface area (TPSA) is 83.8 Å². The summed E-state index contributed by atoms with van der Waals surface area (Å²) in [6.07, 6.45) is 1.64. The van der Waals surface area contributed by atoms with E-state index in [2.05, 4.69) is 40.9 Å². The monoisotopic (exact) mass is 547 g/mol. The van der Waals surface area contributed by atoms with Crippen molar-refractivity contribution in [1.82, 2.24) is 14.8 Å². The van der Waals surface area contributed by atoms with Crippen molar-refractivity contribution >= 4 is 46.7 Å². The molecule has 2 N–H and O–H groups in total. The van der Waals surface area contributed by atoms with Gasteiger partial charge in [0.15, 0.2) is 11.4 Å². The molecule has 0 bridgehead atoms. The Kier molecular flexibility index (Phi) is 6.58. The minimum absolute atomic E-state index is 0.0766. The van der Waals surface area contributed by atoms with E-state index in [9.17, 15) is 19.1 Å². The van der Waals surface area contributed by atoms with Gasteiger partial charge in [-0.3, -0.25) is 4.79 Å². The first kappa shape index (κ1) is 24.4. The van der Waals surface area contributed by atoms with Gasteiger partial charge in [-0.15, -0.1) is 0 Å². The van der Waals surface area contributed by atoms with Gasteiger partial charge in [-0.2, -0.15) is 0 Å². The Morgan fingerprint density at radius 1 is 1.15 bits per heavy atom. The lowest BCUT2D eigenvalue weighted by atomic mass is 9.89. The summed E-state index contributed by atoms with van der Waals surface area (Å²) in [7, 11) is -1.32. The molecule has 3 aromatic rings. The van der Waals surface area contributed by atoms with Gasteiger partial charge in [-0.1, -0.05) is 47.7 Å². The molecule has 2 heterocycles. The van der Waals surface area contributed by atoms with Crippen LogP contribution in [-0.2, 0) is 21.6 Å². The van der Waals surface area contributed by atoms with E-state index in [1.165, 1.54) is 16.7 Å². The molecule has 4 rings (SSSR count). The molecule has 1 saturated heterocycles. The number of rotatable bonds is 8. The van der Waals surface area contributed by atoms with Crippen LogP contribution in [0.2, 0.25) is 25.7 Å². The van der Waals surface area contributed by atoms with Gasteiger partial charge in [0.25, 0.3) is 5.91 Å². The highest BCUT2D eigenvalue weighted by Gasteiger charge is 2.53. The number of aromatic hydroxyl groups is 1. The number of hydrogen-bond acceptors (Lipinski definition) is 4. The summed E-state index contributed by atoms with van der Waals surface area (Å²) in [6, 6.07) is 11.5. The lowest BCUT2D eigenvalue weighted by Crippen LogP contribution is -2.47. The van der Waals surface area contributed by atoms with Gasteiger partial charge in [0.2, 0.25) is 0 Å². The molecule has 1 aromatic heterocycles. The van der Waals surface area contributed by atoms with Crippen molar-refractivity contribution in [2.24, 2.45) is 0 Å². The number of halogens is 2. The third kappa shape index (κ3) is 4.75. The zero-order valence-electron chi connectivity index (χ0n) is 19.3. The van der Waals surface area contributed by atoms with Crippen LogP contribution >= 0.6 is 15.9 Å². The maximum atomic E-state index is 13.7. The summed E-state index contributed by atoms with van der Waals surface area (Å²) >= 11 is 3.40. The molecule has 1 atom stereocenters. The Morgan fingerprint density at radius 2 is 1.85 bits per heavy atom. The number of fused-ring (bicyclic) bond motifs is 1. The largest absolute Gasteiger partial charge is 0.494 e. The number of hydrogen-bond donors (Lipinski definition) is 2. The van der Waals surface area contributed by atoms with Crippen molar-refractivity contribution in [2.45, 2.75) is 37.8 Å². The molecule has 0 radical (unpaired) electrons. The van der Waals surface area contributed by atoms with E-state index in [0.717, 1.165) is 15.4 Å². The average Bonchev–Trinajstić information content (AvgIpc) is 3.19. The highest BCUT2D eigenvalue weighted by atomic mass is 79.9. The Bertz CT molecular complexity index is 1240. The molecule has 0 saturated carbocycles. The molecule has 180 valence electrons. The van der Waals surface area contributed by atoms with E-state index in [1.54, 1.807) is 36.5 Å². The van der Waals surface area contributed by atoms with E-state index in [1.807, 2.05) is 0 Å². The zero-order valence-corrected chi connectivity index (χ0v) is 21.9. The molecule has 2 aromatic carbocycles. The van der Waals surface area contributed by atoms with E-state index < -0.39 is 31.4 Å². The number of amides is 3. The second-order valence-corrected chi connectivity index (χ2v) is 16.3. The van der Waals surface area contributed by atoms with Gasteiger partial charge < -0.3 is 19.7 Å². The molecule has 1 aliphatic rings. The first-order chi connectivity index (χ1) is 16.0. The number of nitrogens with zero attached hydrogens (tertiary/aromatic N) is 2. The molecule has 0 aliphatic carbocycles. The summed E-state index contributed by atoms with van der Waals surface area (Å²) < 4.78 is 21.7. The molecular formula is C24H27BrFN3O4Si. The predicted molar refractivity (Wildman–Crippen MR) is 134 cm³/mol. The fourth-order valence-electron chi connectivity index (χ4n) is 4.00. The van der Waals surface area contributed by atoms with Gasteiger partial charge in [0.05, 0.1) is 6.54 Å². The van der Waals surface area contributed by atoms with Crippen LogP contribution in [0.25, 0.3) is 10.8 Å². The second-order valence-electron chi connectivity index (χ2n) is 9.74. The summed E-state index contributed by atoms with van der Waals surface area (Å²) in [6.45, 7) is 6.91. The quantitative estimate of drug-likeness (QED) is 0.236. The summed E-state index contributed by atoms with van der Waals surface area (Å²) in [4.78, 5) is 27.7. The Labute approximate surface area is 206 Å². The van der Waals surface area contributed by atoms with E-state index >= 15 is 0 Å². The average molecular weight is 548 g/mol. The predicted octanol–water partition coefficient (Wildman–Crippen LogP) is 5.01. The van der Waals surface area contributed by atoms with Crippen LogP contribution in [0.5, 0.6) is 5.88 Å². The molecule has 3 amide bonds. The van der Waals surface area contributed by atoms with Crippen molar-refractivity contribution in [3.05, 3.63) is 64.5 Å². The number of carbonyl (C=O) groups excluding carboxylic acids is 2. The van der Waals surface area contributed by atoms with Crippen LogP contribution in [0.1, 0.15) is 5.56 Å². The highest BCUT2D eigenvalue weighted by Crippen LogP contribution is 2.36. The minimum Gasteiger partial charge on any atom is -0.494 e. The first-order valence-corrected chi connectivity index (χ1v) is 15.5. The maximum absolute atomic E-state index is 13.7. The Balaban J connectivity index is 1.68. The van der Waals surface area contributed by atoms with Crippen LogP contribution in [0.3, 0.4) is 0 Å². The van der Waals surface area contributed by atoms with Gasteiger partial charge in [0, 0.05) is 36.1 Å².